The van der Waals surface area contributed by atoms with Crippen LogP contribution in [0.3, 0.4) is 0 Å². The number of fused-ring (bicyclic) bond motifs is 1. The maximum atomic E-state index is 13.5. The van der Waals surface area contributed by atoms with Crippen molar-refractivity contribution >= 4 is 57.8 Å². The normalized spacial score (nSPS) is 17.6. The van der Waals surface area contributed by atoms with E-state index >= 15 is 0 Å². The first-order valence-electron chi connectivity index (χ1n) is 9.98. The molecule has 0 saturated carbocycles. The molecule has 2 aliphatic rings. The third-order valence-corrected chi connectivity index (χ3v) is 6.49. The molecule has 2 heterocycles. The standard InChI is InChI=1S/C24H18Cl3N3O/c25-17-7-5-16(6-8-17)23-14-20(28-30(23)22-10-9-18(26)13-19(22)27)24(31)29-12-11-15-3-1-2-4-21(15)29/h1-10,13,23H,11-12,14H2. The lowest BCUT2D eigenvalue weighted by Crippen LogP contribution is -2.34. The summed E-state index contributed by atoms with van der Waals surface area (Å²) >= 11 is 18.7. The Bertz CT molecular complexity index is 1190. The fourth-order valence-electron chi connectivity index (χ4n) is 4.18. The minimum Gasteiger partial charge on any atom is -0.307 e. The summed E-state index contributed by atoms with van der Waals surface area (Å²) in [6, 6.07) is 20.7. The molecule has 0 aliphatic carbocycles. The molecule has 1 unspecified atom stereocenters. The molecule has 0 saturated heterocycles. The van der Waals surface area contributed by atoms with Crippen molar-refractivity contribution < 1.29 is 4.79 Å². The van der Waals surface area contributed by atoms with E-state index in [1.54, 1.807) is 12.1 Å². The molecular formula is C24H18Cl3N3O. The molecule has 1 amide bonds. The number of hydrazone groups is 1. The number of halogens is 3. The molecule has 31 heavy (non-hydrogen) atoms. The predicted molar refractivity (Wildman–Crippen MR) is 128 cm³/mol. The van der Waals surface area contributed by atoms with E-state index in [2.05, 4.69) is 6.07 Å². The molecule has 0 N–H and O–H groups in total. The Morgan fingerprint density at radius 1 is 0.903 bits per heavy atom. The third kappa shape index (κ3) is 3.80. The molecule has 0 fully saturated rings. The van der Waals surface area contributed by atoms with Gasteiger partial charge in [-0.15, -0.1) is 0 Å². The molecule has 4 nitrogen and oxygen atoms in total. The number of carbonyl (C=O) groups excluding carboxylic acids is 1. The van der Waals surface area contributed by atoms with E-state index in [1.807, 2.05) is 58.4 Å². The second-order valence-electron chi connectivity index (χ2n) is 7.59. The summed E-state index contributed by atoms with van der Waals surface area (Å²) in [7, 11) is 0. The zero-order chi connectivity index (χ0) is 21.5. The summed E-state index contributed by atoms with van der Waals surface area (Å²) in [5.74, 6) is -0.0727. The Morgan fingerprint density at radius 3 is 2.42 bits per heavy atom. The molecule has 3 aromatic carbocycles. The largest absolute Gasteiger partial charge is 0.307 e. The van der Waals surface area contributed by atoms with Gasteiger partial charge in [0.2, 0.25) is 0 Å². The van der Waals surface area contributed by atoms with Crippen molar-refractivity contribution in [3.05, 3.63) is 92.9 Å². The van der Waals surface area contributed by atoms with E-state index in [9.17, 15) is 4.79 Å². The molecule has 0 spiro atoms. The van der Waals surface area contributed by atoms with E-state index in [1.165, 1.54) is 5.56 Å². The van der Waals surface area contributed by atoms with Crippen molar-refractivity contribution in [2.24, 2.45) is 5.10 Å². The smallest absolute Gasteiger partial charge is 0.274 e. The summed E-state index contributed by atoms with van der Waals surface area (Å²) in [4.78, 5) is 15.3. The second kappa shape index (κ2) is 8.19. The molecule has 7 heteroatoms. The van der Waals surface area contributed by atoms with Crippen molar-refractivity contribution in [3.8, 4) is 0 Å². The molecule has 3 aromatic rings. The summed E-state index contributed by atoms with van der Waals surface area (Å²) in [6.07, 6.45) is 1.32. The van der Waals surface area contributed by atoms with Gasteiger partial charge in [-0.1, -0.05) is 65.1 Å². The van der Waals surface area contributed by atoms with Gasteiger partial charge in [-0.3, -0.25) is 9.80 Å². The number of benzene rings is 3. The van der Waals surface area contributed by atoms with Crippen LogP contribution in [0.25, 0.3) is 0 Å². The van der Waals surface area contributed by atoms with Crippen LogP contribution in [0.1, 0.15) is 23.6 Å². The van der Waals surface area contributed by atoms with E-state index in [-0.39, 0.29) is 11.9 Å². The first-order chi connectivity index (χ1) is 15.0. The summed E-state index contributed by atoms with van der Waals surface area (Å²) in [5, 5.41) is 8.25. The lowest BCUT2D eigenvalue weighted by molar-refractivity contribution is -0.112. The molecule has 5 rings (SSSR count). The number of para-hydroxylation sites is 1. The topological polar surface area (TPSA) is 35.9 Å². The first kappa shape index (κ1) is 20.4. The maximum Gasteiger partial charge on any atom is 0.274 e. The third-order valence-electron chi connectivity index (χ3n) is 5.70. The van der Waals surface area contributed by atoms with E-state index < -0.39 is 0 Å². The van der Waals surface area contributed by atoms with Gasteiger partial charge in [-0.25, -0.2) is 0 Å². The summed E-state index contributed by atoms with van der Waals surface area (Å²) in [5.41, 5.74) is 4.35. The number of amides is 1. The van der Waals surface area contributed by atoms with E-state index in [0.717, 1.165) is 17.7 Å². The number of rotatable bonds is 3. The maximum absolute atomic E-state index is 13.5. The SMILES string of the molecule is O=C(C1=NN(c2ccc(Cl)cc2Cl)C(c2ccc(Cl)cc2)C1)N1CCc2ccccc21. The molecule has 156 valence electrons. The zero-order valence-electron chi connectivity index (χ0n) is 16.4. The number of nitrogens with zero attached hydrogens (tertiary/aromatic N) is 3. The van der Waals surface area contributed by atoms with Crippen LogP contribution in [-0.2, 0) is 11.2 Å². The Balaban J connectivity index is 1.52. The monoisotopic (exact) mass is 469 g/mol. The van der Waals surface area contributed by atoms with Crippen molar-refractivity contribution in [1.82, 2.24) is 0 Å². The van der Waals surface area contributed by atoms with Crippen LogP contribution in [0.4, 0.5) is 11.4 Å². The number of carbonyl (C=O) groups is 1. The zero-order valence-corrected chi connectivity index (χ0v) is 18.7. The highest BCUT2D eigenvalue weighted by molar-refractivity contribution is 6.45. The molecule has 2 aliphatic heterocycles. The average molecular weight is 471 g/mol. The van der Waals surface area contributed by atoms with Crippen LogP contribution in [-0.4, -0.2) is 18.2 Å². The van der Waals surface area contributed by atoms with Gasteiger partial charge in [0.05, 0.1) is 16.8 Å². The summed E-state index contributed by atoms with van der Waals surface area (Å²) in [6.45, 7) is 0.657. The molecule has 0 bridgehead atoms. The average Bonchev–Trinajstić information content (AvgIpc) is 3.39. The molecular weight excluding hydrogens is 453 g/mol. The van der Waals surface area contributed by atoms with Gasteiger partial charge in [0.1, 0.15) is 5.71 Å². The highest BCUT2D eigenvalue weighted by Gasteiger charge is 2.36. The Morgan fingerprint density at radius 2 is 1.65 bits per heavy atom. The van der Waals surface area contributed by atoms with Crippen LogP contribution in [0, 0.1) is 0 Å². The fourth-order valence-corrected chi connectivity index (χ4v) is 4.80. The quantitative estimate of drug-likeness (QED) is 0.435. The lowest BCUT2D eigenvalue weighted by atomic mass is 10.0. The molecule has 0 radical (unpaired) electrons. The van der Waals surface area contributed by atoms with Gasteiger partial charge in [0.25, 0.3) is 5.91 Å². The Kier molecular flexibility index (Phi) is 5.39. The van der Waals surface area contributed by atoms with Gasteiger partial charge in [-0.05, 0) is 53.9 Å². The highest BCUT2D eigenvalue weighted by Crippen LogP contribution is 2.40. The van der Waals surface area contributed by atoms with Crippen LogP contribution >= 0.6 is 34.8 Å². The fraction of sp³-hybridized carbons (Fsp3) is 0.167. The lowest BCUT2D eigenvalue weighted by Gasteiger charge is -2.25. The number of hydrogen-bond donors (Lipinski definition) is 0. The van der Waals surface area contributed by atoms with Crippen molar-refractivity contribution in [3.63, 3.8) is 0 Å². The minimum atomic E-state index is -0.173. The van der Waals surface area contributed by atoms with Gasteiger partial charge in [0.15, 0.2) is 0 Å². The second-order valence-corrected chi connectivity index (χ2v) is 8.87. The van der Waals surface area contributed by atoms with Crippen molar-refractivity contribution in [2.75, 3.05) is 16.5 Å². The van der Waals surface area contributed by atoms with Crippen LogP contribution < -0.4 is 9.91 Å². The van der Waals surface area contributed by atoms with Gasteiger partial charge >= 0.3 is 0 Å². The van der Waals surface area contributed by atoms with Crippen molar-refractivity contribution in [2.45, 2.75) is 18.9 Å². The van der Waals surface area contributed by atoms with Crippen LogP contribution in [0.2, 0.25) is 15.1 Å². The van der Waals surface area contributed by atoms with Gasteiger partial charge in [0, 0.05) is 28.7 Å². The van der Waals surface area contributed by atoms with Crippen LogP contribution in [0.15, 0.2) is 71.8 Å². The first-order valence-corrected chi connectivity index (χ1v) is 11.1. The van der Waals surface area contributed by atoms with E-state index in [4.69, 9.17) is 39.9 Å². The van der Waals surface area contributed by atoms with Gasteiger partial charge < -0.3 is 4.90 Å². The summed E-state index contributed by atoms with van der Waals surface area (Å²) < 4.78 is 0. The van der Waals surface area contributed by atoms with Crippen LogP contribution in [0.5, 0.6) is 0 Å². The highest BCUT2D eigenvalue weighted by atomic mass is 35.5. The number of anilines is 2. The Hall–Kier alpha value is -2.53. The molecule has 0 aromatic heterocycles. The Labute approximate surface area is 195 Å². The predicted octanol–water partition coefficient (Wildman–Crippen LogP) is 6.54. The number of hydrogen-bond acceptors (Lipinski definition) is 3. The molecule has 1 atom stereocenters. The minimum absolute atomic E-state index is 0.0727. The van der Waals surface area contributed by atoms with Gasteiger partial charge in [-0.2, -0.15) is 5.10 Å². The van der Waals surface area contributed by atoms with Crippen molar-refractivity contribution in [1.29, 1.82) is 0 Å². The van der Waals surface area contributed by atoms with E-state index in [0.29, 0.717) is 39.4 Å².